The molecule has 1 unspecified atom stereocenters. The van der Waals surface area contributed by atoms with Crippen LogP contribution >= 0.6 is 0 Å². The maximum absolute atomic E-state index is 12.2. The molecule has 0 aliphatic carbocycles. The molecule has 6 heteroatoms. The summed E-state index contributed by atoms with van der Waals surface area (Å²) in [5.74, 6) is 1.25. The monoisotopic (exact) mass is 305 g/mol. The zero-order valence-electron chi connectivity index (χ0n) is 14.0. The Morgan fingerprint density at radius 3 is 2.73 bits per heavy atom. The third kappa shape index (κ3) is 3.87. The van der Waals surface area contributed by atoms with E-state index in [9.17, 15) is 4.79 Å². The molecule has 1 saturated heterocycles. The number of anilines is 2. The first kappa shape index (κ1) is 16.5. The van der Waals surface area contributed by atoms with Crippen LogP contribution in [0.15, 0.2) is 12.5 Å². The number of piperidine rings is 1. The molecule has 122 valence electrons. The predicted octanol–water partition coefficient (Wildman–Crippen LogP) is 1.67. The average molecular weight is 305 g/mol. The molecule has 2 heterocycles. The molecule has 1 N–H and O–H groups in total. The first-order valence-corrected chi connectivity index (χ1v) is 8.05. The highest BCUT2D eigenvalue weighted by Crippen LogP contribution is 2.28. The Kier molecular flexibility index (Phi) is 5.57. The Morgan fingerprint density at radius 2 is 2.14 bits per heavy atom. The van der Waals surface area contributed by atoms with Crippen LogP contribution in [0.2, 0.25) is 0 Å². The van der Waals surface area contributed by atoms with E-state index in [1.54, 1.807) is 6.33 Å². The molecule has 0 aromatic carbocycles. The molecule has 1 atom stereocenters. The molecular formula is C16H27N5O. The summed E-state index contributed by atoms with van der Waals surface area (Å²) in [6, 6.07) is 0.258. The molecule has 1 aromatic heterocycles. The maximum atomic E-state index is 12.2. The molecule has 1 aliphatic heterocycles. The lowest BCUT2D eigenvalue weighted by atomic mass is 9.95. The molecule has 0 radical (unpaired) electrons. The van der Waals surface area contributed by atoms with E-state index in [1.807, 2.05) is 25.2 Å². The molecule has 1 fully saturated rings. The van der Waals surface area contributed by atoms with Crippen LogP contribution in [0.25, 0.3) is 0 Å². The number of carbonyl (C=O) groups is 1. The van der Waals surface area contributed by atoms with Gasteiger partial charge < -0.3 is 15.1 Å². The van der Waals surface area contributed by atoms with Crippen molar-refractivity contribution in [2.45, 2.75) is 39.2 Å². The fourth-order valence-electron chi connectivity index (χ4n) is 2.73. The highest BCUT2D eigenvalue weighted by Gasteiger charge is 2.27. The standard InChI is InChI=1S/C16H27N5O/c1-5-12(2)19-16(22)13-6-8-21(9-7-13)14-10-17-11-18-15(14)20(3)4/h10-13H,5-9H2,1-4H3,(H,19,22). The fourth-order valence-corrected chi connectivity index (χ4v) is 2.73. The summed E-state index contributed by atoms with van der Waals surface area (Å²) in [6.45, 7) is 5.88. The van der Waals surface area contributed by atoms with E-state index >= 15 is 0 Å². The molecule has 1 amide bonds. The van der Waals surface area contributed by atoms with Gasteiger partial charge in [-0.15, -0.1) is 0 Å². The van der Waals surface area contributed by atoms with Crippen molar-refractivity contribution in [3.63, 3.8) is 0 Å². The predicted molar refractivity (Wildman–Crippen MR) is 89.2 cm³/mol. The minimum absolute atomic E-state index is 0.123. The fraction of sp³-hybridized carbons (Fsp3) is 0.688. The van der Waals surface area contributed by atoms with E-state index in [-0.39, 0.29) is 17.9 Å². The van der Waals surface area contributed by atoms with E-state index < -0.39 is 0 Å². The van der Waals surface area contributed by atoms with Crippen molar-refractivity contribution in [1.82, 2.24) is 15.3 Å². The van der Waals surface area contributed by atoms with E-state index in [0.29, 0.717) is 0 Å². The highest BCUT2D eigenvalue weighted by atomic mass is 16.1. The van der Waals surface area contributed by atoms with E-state index in [0.717, 1.165) is 43.9 Å². The molecule has 1 aliphatic rings. The second-order valence-electron chi connectivity index (χ2n) is 6.21. The summed E-state index contributed by atoms with van der Waals surface area (Å²) >= 11 is 0. The number of amides is 1. The van der Waals surface area contributed by atoms with Gasteiger partial charge >= 0.3 is 0 Å². The van der Waals surface area contributed by atoms with E-state index in [1.165, 1.54) is 0 Å². The number of nitrogens with one attached hydrogen (secondary N) is 1. The number of hydrogen-bond donors (Lipinski definition) is 1. The van der Waals surface area contributed by atoms with Gasteiger partial charge in [-0.2, -0.15) is 0 Å². The van der Waals surface area contributed by atoms with Gasteiger partial charge in [0, 0.05) is 39.1 Å². The Morgan fingerprint density at radius 1 is 1.45 bits per heavy atom. The third-order valence-corrected chi connectivity index (χ3v) is 4.30. The minimum atomic E-state index is 0.123. The first-order chi connectivity index (χ1) is 10.5. The van der Waals surface area contributed by atoms with Crippen molar-refractivity contribution in [2.24, 2.45) is 5.92 Å². The SMILES string of the molecule is CCC(C)NC(=O)C1CCN(c2cncnc2N(C)C)CC1. The molecule has 0 bridgehead atoms. The Bertz CT molecular complexity index is 497. The topological polar surface area (TPSA) is 61.4 Å². The van der Waals surface area contributed by atoms with Crippen molar-refractivity contribution in [1.29, 1.82) is 0 Å². The highest BCUT2D eigenvalue weighted by molar-refractivity contribution is 5.79. The van der Waals surface area contributed by atoms with Crippen LogP contribution in [-0.4, -0.2) is 49.1 Å². The lowest BCUT2D eigenvalue weighted by molar-refractivity contribution is -0.126. The second-order valence-corrected chi connectivity index (χ2v) is 6.21. The van der Waals surface area contributed by atoms with Crippen LogP contribution < -0.4 is 15.1 Å². The van der Waals surface area contributed by atoms with E-state index in [2.05, 4.69) is 34.0 Å². The van der Waals surface area contributed by atoms with Gasteiger partial charge in [-0.05, 0) is 26.2 Å². The van der Waals surface area contributed by atoms with Gasteiger partial charge in [-0.3, -0.25) is 4.79 Å². The van der Waals surface area contributed by atoms with Crippen molar-refractivity contribution >= 4 is 17.4 Å². The Hall–Kier alpha value is -1.85. The van der Waals surface area contributed by atoms with Gasteiger partial charge in [0.25, 0.3) is 0 Å². The van der Waals surface area contributed by atoms with E-state index in [4.69, 9.17) is 0 Å². The van der Waals surface area contributed by atoms with Crippen LogP contribution in [0.4, 0.5) is 11.5 Å². The van der Waals surface area contributed by atoms with Crippen molar-refractivity contribution in [2.75, 3.05) is 37.0 Å². The molecular weight excluding hydrogens is 278 g/mol. The van der Waals surface area contributed by atoms with Crippen molar-refractivity contribution in [3.05, 3.63) is 12.5 Å². The summed E-state index contributed by atoms with van der Waals surface area (Å²) in [6.07, 6.45) is 6.17. The van der Waals surface area contributed by atoms with Gasteiger partial charge in [0.15, 0.2) is 5.82 Å². The van der Waals surface area contributed by atoms with Crippen LogP contribution in [-0.2, 0) is 4.79 Å². The van der Waals surface area contributed by atoms with Crippen LogP contribution in [0, 0.1) is 5.92 Å². The Labute approximate surface area is 132 Å². The minimum Gasteiger partial charge on any atom is -0.367 e. The lowest BCUT2D eigenvalue weighted by Crippen LogP contribution is -2.43. The zero-order chi connectivity index (χ0) is 16.1. The summed E-state index contributed by atoms with van der Waals surface area (Å²) in [5, 5.41) is 3.09. The molecule has 6 nitrogen and oxygen atoms in total. The number of rotatable bonds is 5. The summed E-state index contributed by atoms with van der Waals surface area (Å²) in [4.78, 5) is 25.0. The average Bonchev–Trinajstić information content (AvgIpc) is 2.54. The second kappa shape index (κ2) is 7.42. The van der Waals surface area contributed by atoms with Crippen molar-refractivity contribution in [3.8, 4) is 0 Å². The number of aromatic nitrogens is 2. The molecule has 2 rings (SSSR count). The summed E-state index contributed by atoms with van der Waals surface area (Å²) in [5.41, 5.74) is 1.05. The smallest absolute Gasteiger partial charge is 0.223 e. The normalized spacial score (nSPS) is 17.2. The Balaban J connectivity index is 1.96. The van der Waals surface area contributed by atoms with Crippen LogP contribution in [0.3, 0.4) is 0 Å². The largest absolute Gasteiger partial charge is 0.367 e. The summed E-state index contributed by atoms with van der Waals surface area (Å²) < 4.78 is 0. The number of carbonyl (C=O) groups excluding carboxylic acids is 1. The van der Waals surface area contributed by atoms with Gasteiger partial charge in [-0.1, -0.05) is 6.92 Å². The maximum Gasteiger partial charge on any atom is 0.223 e. The molecule has 0 spiro atoms. The van der Waals surface area contributed by atoms with Gasteiger partial charge in [0.1, 0.15) is 6.33 Å². The number of hydrogen-bond acceptors (Lipinski definition) is 5. The van der Waals surface area contributed by atoms with Crippen molar-refractivity contribution < 1.29 is 4.79 Å². The van der Waals surface area contributed by atoms with Gasteiger partial charge in [0.05, 0.1) is 11.9 Å². The van der Waals surface area contributed by atoms with Gasteiger partial charge in [0.2, 0.25) is 5.91 Å². The van der Waals surface area contributed by atoms with Crippen LogP contribution in [0.5, 0.6) is 0 Å². The quantitative estimate of drug-likeness (QED) is 0.897. The third-order valence-electron chi connectivity index (χ3n) is 4.30. The number of nitrogens with zero attached hydrogens (tertiary/aromatic N) is 4. The molecule has 0 saturated carbocycles. The molecule has 22 heavy (non-hydrogen) atoms. The summed E-state index contributed by atoms with van der Waals surface area (Å²) in [7, 11) is 3.97. The van der Waals surface area contributed by atoms with Crippen LogP contribution in [0.1, 0.15) is 33.1 Å². The lowest BCUT2D eigenvalue weighted by Gasteiger charge is -2.34. The zero-order valence-corrected chi connectivity index (χ0v) is 14.0. The molecule has 1 aromatic rings. The first-order valence-electron chi connectivity index (χ1n) is 8.05. The van der Waals surface area contributed by atoms with Gasteiger partial charge in [-0.25, -0.2) is 9.97 Å².